The molecular weight excluding hydrogens is 302 g/mol. The fourth-order valence-corrected chi connectivity index (χ4v) is 4.40. The van der Waals surface area contributed by atoms with E-state index in [4.69, 9.17) is 5.11 Å². The zero-order valence-electron chi connectivity index (χ0n) is 14.7. The maximum Gasteiger partial charge on any atom is 0.222 e. The summed E-state index contributed by atoms with van der Waals surface area (Å²) in [6, 6.07) is 4.16. The molecule has 2 aliphatic rings. The molecule has 2 saturated heterocycles. The molecule has 1 atom stereocenters. The quantitative estimate of drug-likeness (QED) is 0.830. The molecule has 134 valence electrons. The Hall–Kier alpha value is -1.33. The number of rotatable bonds is 7. The van der Waals surface area contributed by atoms with Gasteiger partial charge in [-0.3, -0.25) is 4.79 Å². The maximum absolute atomic E-state index is 12.1. The van der Waals surface area contributed by atoms with Gasteiger partial charge in [0, 0.05) is 57.0 Å². The van der Waals surface area contributed by atoms with Crippen LogP contribution < -0.4 is 0 Å². The van der Waals surface area contributed by atoms with E-state index in [-0.39, 0.29) is 17.9 Å². The Bertz CT molecular complexity index is 517. The lowest BCUT2D eigenvalue weighted by atomic mass is 9.73. The first-order valence-corrected chi connectivity index (χ1v) is 9.43. The molecule has 0 aromatic carbocycles. The Morgan fingerprint density at radius 3 is 2.67 bits per heavy atom. The summed E-state index contributed by atoms with van der Waals surface area (Å²) in [7, 11) is 0. The van der Waals surface area contributed by atoms with Gasteiger partial charge in [0.05, 0.1) is 0 Å². The average molecular weight is 333 g/mol. The van der Waals surface area contributed by atoms with E-state index in [1.54, 1.807) is 0 Å². The van der Waals surface area contributed by atoms with Gasteiger partial charge in [-0.05, 0) is 57.3 Å². The molecule has 1 N–H and O–H groups in total. The van der Waals surface area contributed by atoms with E-state index < -0.39 is 0 Å². The van der Waals surface area contributed by atoms with E-state index in [9.17, 15) is 4.79 Å². The standard InChI is InChI=1S/C19H31N3O2/c23-15-5-14-22-17-19(8-6-18(22)24)7-3-11-21(16-19)13-4-12-20-9-1-2-10-20/h1-2,9-10,23H,3-8,11-17H2/t19-/m1/s1. The third-order valence-electron chi connectivity index (χ3n) is 5.63. The summed E-state index contributed by atoms with van der Waals surface area (Å²) in [6.07, 6.45) is 10.3. The van der Waals surface area contributed by atoms with Crippen molar-refractivity contribution < 1.29 is 9.90 Å². The van der Waals surface area contributed by atoms with Crippen molar-refractivity contribution in [3.05, 3.63) is 24.5 Å². The van der Waals surface area contributed by atoms with Crippen LogP contribution in [0.4, 0.5) is 0 Å². The van der Waals surface area contributed by atoms with E-state index in [2.05, 4.69) is 34.0 Å². The lowest BCUT2D eigenvalue weighted by molar-refractivity contribution is -0.139. The first-order chi connectivity index (χ1) is 11.7. The molecule has 0 unspecified atom stereocenters. The van der Waals surface area contributed by atoms with Crippen LogP contribution in [0.1, 0.15) is 38.5 Å². The summed E-state index contributed by atoms with van der Waals surface area (Å²) in [5.41, 5.74) is 0.287. The van der Waals surface area contributed by atoms with Crippen LogP contribution in [0.25, 0.3) is 0 Å². The molecule has 0 aliphatic carbocycles. The second-order valence-electron chi connectivity index (χ2n) is 7.55. The van der Waals surface area contributed by atoms with Gasteiger partial charge in [-0.15, -0.1) is 0 Å². The number of piperidine rings is 2. The van der Waals surface area contributed by atoms with E-state index in [0.717, 1.165) is 32.6 Å². The van der Waals surface area contributed by atoms with Gasteiger partial charge < -0.3 is 19.5 Å². The molecule has 1 aromatic rings. The van der Waals surface area contributed by atoms with Crippen molar-refractivity contribution in [2.75, 3.05) is 39.3 Å². The summed E-state index contributed by atoms with van der Waals surface area (Å²) < 4.78 is 2.25. The predicted octanol–water partition coefficient (Wildman–Crippen LogP) is 1.97. The number of aliphatic hydroxyl groups excluding tert-OH is 1. The van der Waals surface area contributed by atoms with Crippen molar-refractivity contribution in [1.29, 1.82) is 0 Å². The highest BCUT2D eigenvalue weighted by Crippen LogP contribution is 2.38. The van der Waals surface area contributed by atoms with Gasteiger partial charge in [0.15, 0.2) is 0 Å². The third-order valence-corrected chi connectivity index (χ3v) is 5.63. The van der Waals surface area contributed by atoms with Gasteiger partial charge in [0.1, 0.15) is 0 Å². The van der Waals surface area contributed by atoms with Crippen molar-refractivity contribution in [2.45, 2.75) is 45.1 Å². The highest BCUT2D eigenvalue weighted by atomic mass is 16.3. The Labute approximate surface area is 145 Å². The minimum atomic E-state index is 0.169. The number of aromatic nitrogens is 1. The molecule has 3 heterocycles. The molecule has 0 saturated carbocycles. The number of hydrogen-bond acceptors (Lipinski definition) is 3. The van der Waals surface area contributed by atoms with Gasteiger partial charge in [-0.1, -0.05) is 0 Å². The van der Waals surface area contributed by atoms with Crippen LogP contribution in [0.5, 0.6) is 0 Å². The van der Waals surface area contributed by atoms with Gasteiger partial charge in [-0.2, -0.15) is 0 Å². The van der Waals surface area contributed by atoms with Crippen molar-refractivity contribution in [3.63, 3.8) is 0 Å². The topological polar surface area (TPSA) is 48.7 Å². The third kappa shape index (κ3) is 4.39. The molecule has 1 aromatic heterocycles. The van der Waals surface area contributed by atoms with Crippen LogP contribution in [0.3, 0.4) is 0 Å². The molecule has 0 radical (unpaired) electrons. The fourth-order valence-electron chi connectivity index (χ4n) is 4.40. The molecule has 5 nitrogen and oxygen atoms in total. The predicted molar refractivity (Wildman–Crippen MR) is 94.7 cm³/mol. The van der Waals surface area contributed by atoms with Crippen LogP contribution >= 0.6 is 0 Å². The molecule has 2 aliphatic heterocycles. The Balaban J connectivity index is 1.50. The minimum Gasteiger partial charge on any atom is -0.396 e. The SMILES string of the molecule is O=C1CC[C@@]2(CCCN(CCCn3cccc3)C2)CN1CCCO. The molecule has 24 heavy (non-hydrogen) atoms. The minimum absolute atomic E-state index is 0.169. The molecule has 2 fully saturated rings. The number of nitrogens with zero attached hydrogens (tertiary/aromatic N) is 3. The highest BCUT2D eigenvalue weighted by molar-refractivity contribution is 5.77. The van der Waals surface area contributed by atoms with E-state index in [1.807, 2.05) is 4.90 Å². The van der Waals surface area contributed by atoms with Crippen LogP contribution in [0.2, 0.25) is 0 Å². The maximum atomic E-state index is 12.1. The largest absolute Gasteiger partial charge is 0.396 e. The van der Waals surface area contributed by atoms with Gasteiger partial charge in [-0.25, -0.2) is 0 Å². The summed E-state index contributed by atoms with van der Waals surface area (Å²) >= 11 is 0. The molecule has 5 heteroatoms. The monoisotopic (exact) mass is 333 g/mol. The van der Waals surface area contributed by atoms with Crippen LogP contribution in [0.15, 0.2) is 24.5 Å². The lowest BCUT2D eigenvalue weighted by Gasteiger charge is -2.48. The van der Waals surface area contributed by atoms with Gasteiger partial charge in [0.25, 0.3) is 0 Å². The number of aliphatic hydroxyl groups is 1. The molecular formula is C19H31N3O2. The number of carbonyl (C=O) groups excluding carboxylic acids is 1. The smallest absolute Gasteiger partial charge is 0.222 e. The molecule has 1 spiro atoms. The summed E-state index contributed by atoms with van der Waals surface area (Å²) in [5.74, 6) is 0.277. The van der Waals surface area contributed by atoms with Crippen LogP contribution in [0, 0.1) is 5.41 Å². The molecule has 1 amide bonds. The van der Waals surface area contributed by atoms with Gasteiger partial charge >= 0.3 is 0 Å². The first kappa shape index (κ1) is 17.5. The highest BCUT2D eigenvalue weighted by Gasteiger charge is 2.41. The first-order valence-electron chi connectivity index (χ1n) is 9.43. The summed E-state index contributed by atoms with van der Waals surface area (Å²) in [4.78, 5) is 16.7. The number of likely N-dealkylation sites (tertiary alicyclic amines) is 2. The van der Waals surface area contributed by atoms with E-state index in [0.29, 0.717) is 19.4 Å². The van der Waals surface area contributed by atoms with Crippen molar-refractivity contribution in [2.24, 2.45) is 5.41 Å². The lowest BCUT2D eigenvalue weighted by Crippen LogP contribution is -2.54. The second kappa shape index (κ2) is 8.17. The zero-order valence-corrected chi connectivity index (χ0v) is 14.7. The Kier molecular flexibility index (Phi) is 5.95. The van der Waals surface area contributed by atoms with E-state index >= 15 is 0 Å². The number of amides is 1. The Morgan fingerprint density at radius 2 is 1.88 bits per heavy atom. The Morgan fingerprint density at radius 1 is 1.04 bits per heavy atom. The fraction of sp³-hybridized carbons (Fsp3) is 0.737. The number of carbonyl (C=O) groups is 1. The number of aryl methyl sites for hydroxylation is 1. The normalized spacial score (nSPS) is 25.5. The average Bonchev–Trinajstić information content (AvgIpc) is 3.10. The van der Waals surface area contributed by atoms with Crippen molar-refractivity contribution in [1.82, 2.24) is 14.4 Å². The summed E-state index contributed by atoms with van der Waals surface area (Å²) in [6.45, 7) is 6.31. The number of hydrogen-bond donors (Lipinski definition) is 1. The second-order valence-corrected chi connectivity index (χ2v) is 7.55. The van der Waals surface area contributed by atoms with E-state index in [1.165, 1.54) is 25.8 Å². The van der Waals surface area contributed by atoms with Crippen molar-refractivity contribution >= 4 is 5.91 Å². The van der Waals surface area contributed by atoms with Gasteiger partial charge in [0.2, 0.25) is 5.91 Å². The molecule has 0 bridgehead atoms. The van der Waals surface area contributed by atoms with Crippen LogP contribution in [-0.4, -0.2) is 64.7 Å². The zero-order chi connectivity index (χ0) is 16.8. The molecule has 3 rings (SSSR count). The van der Waals surface area contributed by atoms with Crippen LogP contribution in [-0.2, 0) is 11.3 Å². The van der Waals surface area contributed by atoms with Crippen molar-refractivity contribution in [3.8, 4) is 0 Å². The summed E-state index contributed by atoms with van der Waals surface area (Å²) in [5, 5.41) is 9.05.